The number of rotatable bonds is 8. The summed E-state index contributed by atoms with van der Waals surface area (Å²) in [6, 6.07) is 12.7. The molecular formula is C27H23N3O6. The summed E-state index contributed by atoms with van der Waals surface area (Å²) in [5, 5.41) is 10.8. The minimum atomic E-state index is -0.951. The Kier molecular flexibility index (Phi) is 6.03. The third-order valence-corrected chi connectivity index (χ3v) is 5.91. The molecule has 0 saturated carbocycles. The maximum Gasteiger partial charge on any atom is 0.307 e. The molecule has 3 N–H and O–H groups in total. The van der Waals surface area contributed by atoms with Crippen LogP contribution in [0.25, 0.3) is 33.0 Å². The number of ether oxygens (including phenoxy) is 3. The monoisotopic (exact) mass is 485 g/mol. The van der Waals surface area contributed by atoms with Crippen molar-refractivity contribution in [2.75, 3.05) is 20.0 Å². The Morgan fingerprint density at radius 3 is 2.58 bits per heavy atom. The Morgan fingerprint density at radius 2 is 1.81 bits per heavy atom. The molecule has 36 heavy (non-hydrogen) atoms. The topological polar surface area (TPSA) is 130 Å². The number of pyridine rings is 2. The molecule has 0 bridgehead atoms. The zero-order chi connectivity index (χ0) is 25.2. The molecular weight excluding hydrogens is 462 g/mol. The molecule has 3 heterocycles. The van der Waals surface area contributed by atoms with Gasteiger partial charge in [0, 0.05) is 45.9 Å². The highest BCUT2D eigenvalue weighted by Gasteiger charge is 2.16. The average molecular weight is 485 g/mol. The smallest absolute Gasteiger partial charge is 0.307 e. The van der Waals surface area contributed by atoms with Gasteiger partial charge in [0.05, 0.1) is 32.4 Å². The number of nitrogen functional groups attached to an aromatic ring is 1. The van der Waals surface area contributed by atoms with Crippen molar-refractivity contribution in [1.82, 2.24) is 9.97 Å². The van der Waals surface area contributed by atoms with Gasteiger partial charge in [-0.05, 0) is 35.9 Å². The van der Waals surface area contributed by atoms with Crippen LogP contribution in [0.15, 0.2) is 65.5 Å². The van der Waals surface area contributed by atoms with E-state index in [4.69, 9.17) is 24.4 Å². The summed E-state index contributed by atoms with van der Waals surface area (Å²) in [6.07, 6.45) is 4.83. The van der Waals surface area contributed by atoms with Gasteiger partial charge in [-0.3, -0.25) is 9.78 Å². The maximum absolute atomic E-state index is 11.3. The number of carboxylic acids is 1. The van der Waals surface area contributed by atoms with Crippen molar-refractivity contribution in [2.45, 2.75) is 13.0 Å². The lowest BCUT2D eigenvalue weighted by Gasteiger charge is -2.12. The molecule has 3 aromatic heterocycles. The van der Waals surface area contributed by atoms with Crippen molar-refractivity contribution in [3.63, 3.8) is 0 Å². The minimum absolute atomic E-state index is 0.145. The summed E-state index contributed by atoms with van der Waals surface area (Å²) >= 11 is 0. The van der Waals surface area contributed by atoms with Crippen LogP contribution in [0.4, 0.5) is 5.82 Å². The fourth-order valence-corrected chi connectivity index (χ4v) is 4.08. The first-order valence-electron chi connectivity index (χ1n) is 11.1. The molecule has 0 saturated heterocycles. The van der Waals surface area contributed by atoms with Gasteiger partial charge in [-0.15, -0.1) is 0 Å². The van der Waals surface area contributed by atoms with E-state index in [2.05, 4.69) is 9.97 Å². The quantitative estimate of drug-likeness (QED) is 0.317. The van der Waals surface area contributed by atoms with Crippen LogP contribution in [-0.2, 0) is 17.8 Å². The third kappa shape index (κ3) is 4.34. The molecule has 0 spiro atoms. The van der Waals surface area contributed by atoms with E-state index in [-0.39, 0.29) is 13.0 Å². The second kappa shape index (κ2) is 9.46. The number of hydrogen-bond donors (Lipinski definition) is 2. The van der Waals surface area contributed by atoms with Crippen molar-refractivity contribution in [3.05, 3.63) is 72.2 Å². The van der Waals surface area contributed by atoms with Crippen LogP contribution in [0.2, 0.25) is 0 Å². The lowest BCUT2D eigenvalue weighted by atomic mass is 10.0. The molecule has 5 rings (SSSR count). The molecule has 9 heteroatoms. The number of hydrogen-bond acceptors (Lipinski definition) is 8. The predicted octanol–water partition coefficient (Wildman–Crippen LogP) is 4.85. The van der Waals surface area contributed by atoms with E-state index in [9.17, 15) is 9.90 Å². The number of anilines is 1. The molecule has 0 radical (unpaired) electrons. The number of methoxy groups -OCH3 is 2. The lowest BCUT2D eigenvalue weighted by Crippen LogP contribution is -2.04. The van der Waals surface area contributed by atoms with E-state index >= 15 is 0 Å². The van der Waals surface area contributed by atoms with Crippen LogP contribution in [0.1, 0.15) is 11.1 Å². The van der Waals surface area contributed by atoms with Crippen LogP contribution in [0.3, 0.4) is 0 Å². The lowest BCUT2D eigenvalue weighted by molar-refractivity contribution is -0.136. The molecule has 0 aliphatic heterocycles. The van der Waals surface area contributed by atoms with Gasteiger partial charge in [-0.1, -0.05) is 6.07 Å². The summed E-state index contributed by atoms with van der Waals surface area (Å²) in [7, 11) is 3.12. The molecule has 2 aromatic carbocycles. The second-order valence-corrected chi connectivity index (χ2v) is 8.14. The summed E-state index contributed by atoms with van der Waals surface area (Å²) < 4.78 is 22.7. The Labute approximate surface area is 206 Å². The van der Waals surface area contributed by atoms with Gasteiger partial charge in [-0.25, -0.2) is 4.98 Å². The molecule has 0 aliphatic carbocycles. The first-order chi connectivity index (χ1) is 17.5. The number of aliphatic carboxylic acids is 1. The number of nitrogens with two attached hydrogens (primary N) is 1. The summed E-state index contributed by atoms with van der Waals surface area (Å²) in [6.45, 7) is 0.145. The van der Waals surface area contributed by atoms with Crippen LogP contribution >= 0.6 is 0 Å². The Balaban J connectivity index is 1.53. The van der Waals surface area contributed by atoms with Gasteiger partial charge < -0.3 is 29.5 Å². The highest BCUT2D eigenvalue weighted by molar-refractivity contribution is 5.94. The van der Waals surface area contributed by atoms with Crippen molar-refractivity contribution in [3.8, 4) is 28.4 Å². The fraction of sp³-hybridized carbons (Fsp3) is 0.148. The van der Waals surface area contributed by atoms with Gasteiger partial charge >= 0.3 is 5.97 Å². The fourth-order valence-electron chi connectivity index (χ4n) is 4.08. The standard InChI is InChI=1S/C27H23N3O6/c1-33-19-4-3-15(10-25(31)32)23(11-19)35-13-18-14-36-26-20(18)7-16(9-24(26)34-2)17-8-21-22(30-12-17)5-6-29-27(21)28/h3-9,11-12,14H,10,13H2,1-2H3,(H2,28,29)(H,31,32). The third-order valence-electron chi connectivity index (χ3n) is 5.91. The van der Waals surface area contributed by atoms with Gasteiger partial charge in [0.2, 0.25) is 0 Å². The number of nitrogens with zero attached hydrogens (tertiary/aromatic N) is 2. The normalized spacial score (nSPS) is 11.1. The van der Waals surface area contributed by atoms with Gasteiger partial charge in [0.1, 0.15) is 23.9 Å². The van der Waals surface area contributed by atoms with E-state index in [0.717, 1.165) is 33.0 Å². The Hall–Kier alpha value is -4.79. The van der Waals surface area contributed by atoms with E-state index in [0.29, 0.717) is 34.2 Å². The zero-order valence-corrected chi connectivity index (χ0v) is 19.6. The van der Waals surface area contributed by atoms with Gasteiger partial charge in [0.25, 0.3) is 0 Å². The highest BCUT2D eigenvalue weighted by atomic mass is 16.5. The molecule has 182 valence electrons. The molecule has 0 atom stereocenters. The number of aromatic nitrogens is 2. The van der Waals surface area contributed by atoms with Crippen molar-refractivity contribution in [2.24, 2.45) is 0 Å². The number of furan rings is 1. The Bertz CT molecular complexity index is 1590. The van der Waals surface area contributed by atoms with Crippen LogP contribution in [0, 0.1) is 0 Å². The molecule has 0 fully saturated rings. The predicted molar refractivity (Wildman–Crippen MR) is 134 cm³/mol. The zero-order valence-electron chi connectivity index (χ0n) is 19.6. The van der Waals surface area contributed by atoms with Gasteiger partial charge in [0.15, 0.2) is 11.3 Å². The molecule has 9 nitrogen and oxygen atoms in total. The summed E-state index contributed by atoms with van der Waals surface area (Å²) in [5.41, 5.74) is 10.4. The van der Waals surface area contributed by atoms with Crippen molar-refractivity contribution < 1.29 is 28.5 Å². The molecule has 5 aromatic rings. The average Bonchev–Trinajstić information content (AvgIpc) is 3.30. The molecule has 0 aliphatic rings. The van der Waals surface area contributed by atoms with Crippen LogP contribution < -0.4 is 19.9 Å². The van der Waals surface area contributed by atoms with Crippen LogP contribution in [0.5, 0.6) is 17.2 Å². The minimum Gasteiger partial charge on any atom is -0.497 e. The van der Waals surface area contributed by atoms with Crippen molar-refractivity contribution >= 4 is 33.7 Å². The van der Waals surface area contributed by atoms with Gasteiger partial charge in [-0.2, -0.15) is 0 Å². The first-order valence-corrected chi connectivity index (χ1v) is 11.1. The number of benzene rings is 2. The largest absolute Gasteiger partial charge is 0.497 e. The van der Waals surface area contributed by atoms with E-state index in [1.165, 1.54) is 0 Å². The van der Waals surface area contributed by atoms with Crippen LogP contribution in [-0.4, -0.2) is 35.3 Å². The highest BCUT2D eigenvalue weighted by Crippen LogP contribution is 2.37. The van der Waals surface area contributed by atoms with E-state index < -0.39 is 5.97 Å². The van der Waals surface area contributed by atoms with Crippen molar-refractivity contribution in [1.29, 1.82) is 0 Å². The molecule has 0 unspecified atom stereocenters. The summed E-state index contributed by atoms with van der Waals surface area (Å²) in [5.74, 6) is 1.00. The molecule has 0 amide bonds. The SMILES string of the molecule is COc1ccc(CC(=O)O)c(OCc2coc3c(OC)cc(-c4cnc5ccnc(N)c5c4)cc23)c1. The summed E-state index contributed by atoms with van der Waals surface area (Å²) in [4.78, 5) is 20.0. The number of carbonyl (C=O) groups is 1. The maximum atomic E-state index is 11.3. The number of carboxylic acid groups (broad SMARTS) is 1. The van der Waals surface area contributed by atoms with E-state index in [1.807, 2.05) is 24.3 Å². The first kappa shape index (κ1) is 23.0. The second-order valence-electron chi connectivity index (χ2n) is 8.14. The van der Waals surface area contributed by atoms with E-state index in [1.54, 1.807) is 51.1 Å². The Morgan fingerprint density at radius 1 is 0.972 bits per heavy atom. The number of fused-ring (bicyclic) bond motifs is 2.